The second kappa shape index (κ2) is 3.29. The standard InChI is InChI=1S/C13H24O/c1-9-8-14-11(13(5,6)7)10(9)12(2,3)4/h9H,8H2,1-7H3. The van der Waals surface area contributed by atoms with Crippen molar-refractivity contribution in [1.82, 2.24) is 0 Å². The van der Waals surface area contributed by atoms with Crippen molar-refractivity contribution in [3.05, 3.63) is 11.3 Å². The Kier molecular flexibility index (Phi) is 2.73. The molecule has 1 unspecified atom stereocenters. The second-order valence-corrected chi connectivity index (χ2v) is 6.45. The van der Waals surface area contributed by atoms with Crippen LogP contribution in [-0.2, 0) is 4.74 Å². The summed E-state index contributed by atoms with van der Waals surface area (Å²) in [5, 5.41) is 0. The van der Waals surface area contributed by atoms with Crippen LogP contribution in [-0.4, -0.2) is 6.61 Å². The van der Waals surface area contributed by atoms with Crippen molar-refractivity contribution in [3.8, 4) is 0 Å². The Bertz CT molecular complexity index is 247. The maximum atomic E-state index is 5.85. The van der Waals surface area contributed by atoms with Crippen molar-refractivity contribution < 1.29 is 4.74 Å². The third-order valence-electron chi connectivity index (χ3n) is 2.70. The van der Waals surface area contributed by atoms with Gasteiger partial charge in [0, 0.05) is 11.3 Å². The molecule has 1 heteroatoms. The minimum absolute atomic E-state index is 0.146. The van der Waals surface area contributed by atoms with Crippen LogP contribution in [0.2, 0.25) is 0 Å². The Morgan fingerprint density at radius 1 is 1.00 bits per heavy atom. The van der Waals surface area contributed by atoms with Crippen molar-refractivity contribution in [3.63, 3.8) is 0 Å². The average Bonchev–Trinajstić information content (AvgIpc) is 2.27. The van der Waals surface area contributed by atoms with E-state index in [4.69, 9.17) is 4.74 Å². The van der Waals surface area contributed by atoms with Crippen LogP contribution in [0.4, 0.5) is 0 Å². The Labute approximate surface area is 88.5 Å². The lowest BCUT2D eigenvalue weighted by atomic mass is 9.76. The van der Waals surface area contributed by atoms with Gasteiger partial charge in [0.1, 0.15) is 5.76 Å². The molecular formula is C13H24O. The average molecular weight is 196 g/mol. The van der Waals surface area contributed by atoms with Crippen LogP contribution >= 0.6 is 0 Å². The monoisotopic (exact) mass is 196 g/mol. The second-order valence-electron chi connectivity index (χ2n) is 6.45. The predicted octanol–water partition coefficient (Wildman–Crippen LogP) is 4.00. The van der Waals surface area contributed by atoms with Crippen LogP contribution in [0.1, 0.15) is 48.5 Å². The SMILES string of the molecule is CC1COC(C(C)(C)C)=C1C(C)(C)C. The molecule has 0 aromatic rings. The highest BCUT2D eigenvalue weighted by Crippen LogP contribution is 2.44. The number of rotatable bonds is 0. The molecule has 1 heterocycles. The maximum absolute atomic E-state index is 5.85. The zero-order valence-corrected chi connectivity index (χ0v) is 10.7. The molecule has 0 aliphatic carbocycles. The van der Waals surface area contributed by atoms with Crippen LogP contribution in [0.15, 0.2) is 11.3 Å². The molecule has 82 valence electrons. The Balaban J connectivity index is 3.16. The fraction of sp³-hybridized carbons (Fsp3) is 0.846. The van der Waals surface area contributed by atoms with Crippen molar-refractivity contribution in [2.45, 2.75) is 48.5 Å². The summed E-state index contributed by atoms with van der Waals surface area (Å²) in [4.78, 5) is 0. The van der Waals surface area contributed by atoms with E-state index < -0.39 is 0 Å². The normalized spacial score (nSPS) is 24.1. The van der Waals surface area contributed by atoms with Gasteiger partial charge in [-0.3, -0.25) is 0 Å². The Morgan fingerprint density at radius 2 is 1.50 bits per heavy atom. The molecule has 0 bridgehead atoms. The fourth-order valence-electron chi connectivity index (χ4n) is 2.29. The molecule has 0 aromatic carbocycles. The van der Waals surface area contributed by atoms with Gasteiger partial charge in [-0.1, -0.05) is 48.5 Å². The highest BCUT2D eigenvalue weighted by atomic mass is 16.5. The van der Waals surface area contributed by atoms with Gasteiger partial charge in [0.2, 0.25) is 0 Å². The zero-order valence-electron chi connectivity index (χ0n) is 10.7. The van der Waals surface area contributed by atoms with Gasteiger partial charge in [-0.15, -0.1) is 0 Å². The minimum Gasteiger partial charge on any atom is -0.497 e. The molecular weight excluding hydrogens is 172 g/mol. The number of ether oxygens (including phenoxy) is 1. The quantitative estimate of drug-likeness (QED) is 0.569. The Hall–Kier alpha value is -0.460. The smallest absolute Gasteiger partial charge is 0.101 e. The van der Waals surface area contributed by atoms with Crippen LogP contribution in [0.3, 0.4) is 0 Å². The molecule has 0 saturated carbocycles. The van der Waals surface area contributed by atoms with E-state index in [1.165, 1.54) is 11.3 Å². The summed E-state index contributed by atoms with van der Waals surface area (Å²) in [6.07, 6.45) is 0. The van der Waals surface area contributed by atoms with Gasteiger partial charge in [-0.05, 0) is 11.0 Å². The lowest BCUT2D eigenvalue weighted by molar-refractivity contribution is 0.166. The lowest BCUT2D eigenvalue weighted by Gasteiger charge is -2.28. The highest BCUT2D eigenvalue weighted by molar-refractivity contribution is 5.25. The van der Waals surface area contributed by atoms with E-state index in [1.807, 2.05) is 0 Å². The molecule has 1 atom stereocenters. The molecule has 0 N–H and O–H groups in total. The Morgan fingerprint density at radius 3 is 1.79 bits per heavy atom. The minimum atomic E-state index is 0.146. The van der Waals surface area contributed by atoms with Gasteiger partial charge in [0.25, 0.3) is 0 Å². The number of hydrogen-bond acceptors (Lipinski definition) is 1. The third kappa shape index (κ3) is 2.13. The summed E-state index contributed by atoms with van der Waals surface area (Å²) < 4.78 is 5.85. The van der Waals surface area contributed by atoms with Crippen molar-refractivity contribution in [2.24, 2.45) is 16.7 Å². The summed E-state index contributed by atoms with van der Waals surface area (Å²) in [7, 11) is 0. The highest BCUT2D eigenvalue weighted by Gasteiger charge is 2.37. The zero-order chi connectivity index (χ0) is 11.1. The summed E-state index contributed by atoms with van der Waals surface area (Å²) in [5.74, 6) is 1.79. The molecule has 0 amide bonds. The maximum Gasteiger partial charge on any atom is 0.101 e. The van der Waals surface area contributed by atoms with E-state index in [9.17, 15) is 0 Å². The number of allylic oxidation sites excluding steroid dienone is 1. The van der Waals surface area contributed by atoms with Crippen LogP contribution < -0.4 is 0 Å². The fourth-order valence-corrected chi connectivity index (χ4v) is 2.29. The van der Waals surface area contributed by atoms with E-state index >= 15 is 0 Å². The molecule has 0 saturated heterocycles. The van der Waals surface area contributed by atoms with Crippen LogP contribution in [0, 0.1) is 16.7 Å². The molecule has 0 radical (unpaired) electrons. The van der Waals surface area contributed by atoms with Gasteiger partial charge < -0.3 is 4.74 Å². The van der Waals surface area contributed by atoms with Gasteiger partial charge >= 0.3 is 0 Å². The van der Waals surface area contributed by atoms with Gasteiger partial charge in [0.15, 0.2) is 0 Å². The van der Waals surface area contributed by atoms with Gasteiger partial charge in [-0.25, -0.2) is 0 Å². The summed E-state index contributed by atoms with van der Waals surface area (Å²) in [6, 6.07) is 0. The molecule has 1 nitrogen and oxygen atoms in total. The van der Waals surface area contributed by atoms with E-state index in [1.54, 1.807) is 0 Å². The van der Waals surface area contributed by atoms with E-state index in [2.05, 4.69) is 48.5 Å². The predicted molar refractivity (Wildman–Crippen MR) is 61.1 cm³/mol. The molecule has 0 aromatic heterocycles. The largest absolute Gasteiger partial charge is 0.497 e. The van der Waals surface area contributed by atoms with Gasteiger partial charge in [-0.2, -0.15) is 0 Å². The molecule has 0 spiro atoms. The molecule has 1 aliphatic rings. The molecule has 0 fully saturated rings. The van der Waals surface area contributed by atoms with E-state index in [-0.39, 0.29) is 10.8 Å². The summed E-state index contributed by atoms with van der Waals surface area (Å²) in [6.45, 7) is 16.6. The third-order valence-corrected chi connectivity index (χ3v) is 2.70. The lowest BCUT2D eigenvalue weighted by Crippen LogP contribution is -2.19. The number of hydrogen-bond donors (Lipinski definition) is 0. The van der Waals surface area contributed by atoms with E-state index in [0.29, 0.717) is 5.92 Å². The molecule has 1 rings (SSSR count). The summed E-state index contributed by atoms with van der Waals surface area (Å²) >= 11 is 0. The molecule has 14 heavy (non-hydrogen) atoms. The van der Waals surface area contributed by atoms with E-state index in [0.717, 1.165) is 6.61 Å². The van der Waals surface area contributed by atoms with Crippen LogP contribution in [0.25, 0.3) is 0 Å². The van der Waals surface area contributed by atoms with Crippen molar-refractivity contribution >= 4 is 0 Å². The first-order valence-corrected chi connectivity index (χ1v) is 5.52. The van der Waals surface area contributed by atoms with Crippen LogP contribution in [0.5, 0.6) is 0 Å². The van der Waals surface area contributed by atoms with Gasteiger partial charge in [0.05, 0.1) is 6.61 Å². The topological polar surface area (TPSA) is 9.23 Å². The summed E-state index contributed by atoms with van der Waals surface area (Å²) in [5.41, 5.74) is 1.89. The van der Waals surface area contributed by atoms with Crippen molar-refractivity contribution in [2.75, 3.05) is 6.61 Å². The first-order chi connectivity index (χ1) is 6.14. The molecule has 1 aliphatic heterocycles. The first kappa shape index (κ1) is 11.6. The van der Waals surface area contributed by atoms with Crippen molar-refractivity contribution in [1.29, 1.82) is 0 Å². The first-order valence-electron chi connectivity index (χ1n) is 5.52.